The van der Waals surface area contributed by atoms with Gasteiger partial charge in [0.05, 0.1) is 11.3 Å². The zero-order valence-electron chi connectivity index (χ0n) is 13.3. The first-order chi connectivity index (χ1) is 11.9. The zero-order chi connectivity index (χ0) is 16.2. The van der Waals surface area contributed by atoms with Crippen LogP contribution in [0.3, 0.4) is 0 Å². The second kappa shape index (κ2) is 6.73. The Labute approximate surface area is 140 Å². The number of piperidine rings is 1. The van der Waals surface area contributed by atoms with E-state index in [1.807, 2.05) is 36.7 Å². The highest BCUT2D eigenvalue weighted by Gasteiger charge is 2.16. The van der Waals surface area contributed by atoms with Crippen molar-refractivity contribution in [3.8, 4) is 11.8 Å². The Morgan fingerprint density at radius 2 is 2.17 bits per heavy atom. The number of rotatable bonds is 2. The Morgan fingerprint density at radius 3 is 3.00 bits per heavy atom. The van der Waals surface area contributed by atoms with Crippen molar-refractivity contribution in [2.45, 2.75) is 18.9 Å². The zero-order valence-corrected chi connectivity index (χ0v) is 13.3. The molecule has 3 N–H and O–H groups in total. The lowest BCUT2D eigenvalue weighted by molar-refractivity contribution is 0.480. The Hall–Kier alpha value is -2.84. The van der Waals surface area contributed by atoms with Gasteiger partial charge in [0.25, 0.3) is 0 Å². The highest BCUT2D eigenvalue weighted by atomic mass is 15.0. The highest BCUT2D eigenvalue weighted by molar-refractivity contribution is 5.92. The van der Waals surface area contributed by atoms with Gasteiger partial charge in [-0.25, -0.2) is 9.97 Å². The molecule has 5 heteroatoms. The number of H-pyrrole nitrogens is 1. The predicted molar refractivity (Wildman–Crippen MR) is 95.8 cm³/mol. The van der Waals surface area contributed by atoms with E-state index < -0.39 is 0 Å². The molecule has 0 spiro atoms. The van der Waals surface area contributed by atoms with Gasteiger partial charge >= 0.3 is 0 Å². The second-order valence-electron chi connectivity index (χ2n) is 5.94. The van der Waals surface area contributed by atoms with E-state index in [4.69, 9.17) is 0 Å². The van der Waals surface area contributed by atoms with Crippen LogP contribution in [0.5, 0.6) is 0 Å². The maximum absolute atomic E-state index is 4.47. The number of anilines is 1. The van der Waals surface area contributed by atoms with Crippen LogP contribution in [-0.2, 0) is 0 Å². The first-order valence-electron chi connectivity index (χ1n) is 8.26. The summed E-state index contributed by atoms with van der Waals surface area (Å²) in [7, 11) is 0. The minimum Gasteiger partial charge on any atom is -0.379 e. The number of fused-ring (bicyclic) bond motifs is 1. The van der Waals surface area contributed by atoms with Gasteiger partial charge in [-0.3, -0.25) is 0 Å². The summed E-state index contributed by atoms with van der Waals surface area (Å²) < 4.78 is 0. The van der Waals surface area contributed by atoms with Crippen molar-refractivity contribution < 1.29 is 0 Å². The average molecular weight is 317 g/mol. The molecule has 1 aliphatic rings. The van der Waals surface area contributed by atoms with Crippen LogP contribution in [-0.4, -0.2) is 34.1 Å². The van der Waals surface area contributed by atoms with E-state index in [0.717, 1.165) is 47.5 Å². The fourth-order valence-corrected chi connectivity index (χ4v) is 3.01. The van der Waals surface area contributed by atoms with E-state index in [1.165, 1.54) is 6.42 Å². The van der Waals surface area contributed by atoms with Gasteiger partial charge in [0, 0.05) is 36.6 Å². The Bertz CT molecular complexity index is 882. The molecule has 24 heavy (non-hydrogen) atoms. The van der Waals surface area contributed by atoms with Crippen LogP contribution in [0, 0.1) is 11.8 Å². The van der Waals surface area contributed by atoms with Crippen LogP contribution in [0.15, 0.2) is 42.9 Å². The molecular weight excluding hydrogens is 298 g/mol. The Morgan fingerprint density at radius 1 is 1.17 bits per heavy atom. The molecule has 0 aromatic carbocycles. The molecular formula is C19H19N5. The van der Waals surface area contributed by atoms with Gasteiger partial charge in [0.2, 0.25) is 0 Å². The molecule has 120 valence electrons. The molecule has 1 saturated heterocycles. The minimum atomic E-state index is 0.412. The molecule has 0 radical (unpaired) electrons. The third-order valence-electron chi connectivity index (χ3n) is 4.22. The molecule has 1 aliphatic heterocycles. The molecule has 3 aromatic heterocycles. The van der Waals surface area contributed by atoms with Crippen LogP contribution in [0.25, 0.3) is 11.0 Å². The molecule has 0 aliphatic carbocycles. The maximum Gasteiger partial charge on any atom is 0.139 e. The van der Waals surface area contributed by atoms with Crippen LogP contribution in [0.2, 0.25) is 0 Å². The molecule has 0 bridgehead atoms. The van der Waals surface area contributed by atoms with Crippen LogP contribution >= 0.6 is 0 Å². The van der Waals surface area contributed by atoms with Crippen molar-refractivity contribution in [2.75, 3.05) is 18.4 Å². The van der Waals surface area contributed by atoms with Gasteiger partial charge in [-0.05, 0) is 43.5 Å². The lowest BCUT2D eigenvalue weighted by Gasteiger charge is -2.25. The Kier molecular flexibility index (Phi) is 4.13. The molecule has 3 aromatic rings. The van der Waals surface area contributed by atoms with Crippen LogP contribution < -0.4 is 10.6 Å². The van der Waals surface area contributed by atoms with E-state index >= 15 is 0 Å². The van der Waals surface area contributed by atoms with Crippen LogP contribution in [0.4, 0.5) is 5.69 Å². The lowest BCUT2D eigenvalue weighted by Crippen LogP contribution is -2.38. The SMILES string of the molecule is C(#Cc1cnc2[nH]ccc2c1N[C@@H]1CCCNC1)c1ccccn1. The van der Waals surface area contributed by atoms with E-state index in [-0.39, 0.29) is 0 Å². The smallest absolute Gasteiger partial charge is 0.139 e. The average Bonchev–Trinajstić information content (AvgIpc) is 3.12. The fourth-order valence-electron chi connectivity index (χ4n) is 3.01. The number of hydrogen-bond acceptors (Lipinski definition) is 4. The van der Waals surface area contributed by atoms with Crippen molar-refractivity contribution in [3.63, 3.8) is 0 Å². The summed E-state index contributed by atoms with van der Waals surface area (Å²) in [4.78, 5) is 11.9. The van der Waals surface area contributed by atoms with Gasteiger partial charge in [-0.1, -0.05) is 12.0 Å². The first-order valence-corrected chi connectivity index (χ1v) is 8.26. The number of aromatic nitrogens is 3. The molecule has 1 atom stereocenters. The Balaban J connectivity index is 1.71. The van der Waals surface area contributed by atoms with Gasteiger partial charge in [0.15, 0.2) is 0 Å². The quantitative estimate of drug-likeness (QED) is 0.636. The van der Waals surface area contributed by atoms with Crippen molar-refractivity contribution in [1.82, 2.24) is 20.3 Å². The molecule has 0 saturated carbocycles. The molecule has 1 fully saturated rings. The third kappa shape index (κ3) is 3.10. The van der Waals surface area contributed by atoms with E-state index in [2.05, 4.69) is 37.4 Å². The lowest BCUT2D eigenvalue weighted by atomic mass is 10.1. The third-order valence-corrected chi connectivity index (χ3v) is 4.22. The van der Waals surface area contributed by atoms with Gasteiger partial charge in [-0.2, -0.15) is 0 Å². The normalized spacial score (nSPS) is 17.2. The van der Waals surface area contributed by atoms with Gasteiger partial charge in [-0.15, -0.1) is 0 Å². The standard InChI is InChI=1S/C19H19N5/c1-2-10-21-15(4-1)7-6-14-12-23-19-17(8-11-22-19)18(14)24-16-5-3-9-20-13-16/h1-2,4,8,10-12,16,20H,3,5,9,13H2,(H2,22,23,24)/t16-/m1/s1. The van der Waals surface area contributed by atoms with Crippen molar-refractivity contribution in [2.24, 2.45) is 0 Å². The van der Waals surface area contributed by atoms with Crippen molar-refractivity contribution in [1.29, 1.82) is 0 Å². The summed E-state index contributed by atoms with van der Waals surface area (Å²) in [6.45, 7) is 2.07. The van der Waals surface area contributed by atoms with Gasteiger partial charge < -0.3 is 15.6 Å². The molecule has 5 nitrogen and oxygen atoms in total. The van der Waals surface area contributed by atoms with E-state index in [1.54, 1.807) is 6.20 Å². The van der Waals surface area contributed by atoms with Crippen molar-refractivity contribution in [3.05, 3.63) is 54.1 Å². The number of hydrogen-bond donors (Lipinski definition) is 3. The minimum absolute atomic E-state index is 0.412. The summed E-state index contributed by atoms with van der Waals surface area (Å²) in [6, 6.07) is 8.20. The summed E-state index contributed by atoms with van der Waals surface area (Å²) in [5.74, 6) is 6.36. The van der Waals surface area contributed by atoms with Crippen LogP contribution in [0.1, 0.15) is 24.1 Å². The van der Waals surface area contributed by atoms with Crippen molar-refractivity contribution >= 4 is 16.7 Å². The first kappa shape index (κ1) is 14.7. The molecule has 0 amide bonds. The van der Waals surface area contributed by atoms with E-state index in [0.29, 0.717) is 6.04 Å². The maximum atomic E-state index is 4.47. The number of aromatic amines is 1. The van der Waals surface area contributed by atoms with E-state index in [9.17, 15) is 0 Å². The largest absolute Gasteiger partial charge is 0.379 e. The fraction of sp³-hybridized carbons (Fsp3) is 0.263. The number of pyridine rings is 2. The number of nitrogens with zero attached hydrogens (tertiary/aromatic N) is 2. The monoisotopic (exact) mass is 317 g/mol. The van der Waals surface area contributed by atoms with Gasteiger partial charge in [0.1, 0.15) is 11.3 Å². The number of nitrogens with one attached hydrogen (secondary N) is 3. The predicted octanol–water partition coefficient (Wildman–Crippen LogP) is 2.52. The highest BCUT2D eigenvalue weighted by Crippen LogP contribution is 2.26. The summed E-state index contributed by atoms with van der Waals surface area (Å²) >= 11 is 0. The molecule has 4 rings (SSSR count). The summed E-state index contributed by atoms with van der Waals surface area (Å²) in [6.07, 6.45) is 7.85. The second-order valence-corrected chi connectivity index (χ2v) is 5.94. The molecule has 4 heterocycles. The topological polar surface area (TPSA) is 65.6 Å². The summed E-state index contributed by atoms with van der Waals surface area (Å²) in [5, 5.41) is 8.19. The molecule has 0 unspecified atom stereocenters. The summed E-state index contributed by atoms with van der Waals surface area (Å²) in [5.41, 5.74) is 3.60.